The van der Waals surface area contributed by atoms with Crippen molar-refractivity contribution >= 4 is 28.2 Å². The monoisotopic (exact) mass is 284 g/mol. The quantitative estimate of drug-likeness (QED) is 0.779. The highest BCUT2D eigenvalue weighted by Gasteiger charge is 2.15. The Balaban J connectivity index is 2.40. The number of carboxylic acid groups (broad SMARTS) is 1. The molecule has 0 aliphatic heterocycles. The predicted octanol–water partition coefficient (Wildman–Crippen LogP) is 3.67. The van der Waals surface area contributed by atoms with Crippen LogP contribution in [0.5, 0.6) is 0 Å². The van der Waals surface area contributed by atoms with Gasteiger partial charge in [0.1, 0.15) is 10.7 Å². The van der Waals surface area contributed by atoms with Crippen molar-refractivity contribution in [3.63, 3.8) is 0 Å². The van der Waals surface area contributed by atoms with Crippen molar-refractivity contribution in [1.82, 2.24) is 9.97 Å². The Bertz CT molecular complexity index is 810. The molecule has 1 N–H and O–H groups in total. The zero-order chi connectivity index (χ0) is 14.3. The molecule has 2 aromatic heterocycles. The minimum Gasteiger partial charge on any atom is -0.478 e. The van der Waals surface area contributed by atoms with Crippen molar-refractivity contribution in [2.24, 2.45) is 0 Å². The molecule has 0 radical (unpaired) electrons. The van der Waals surface area contributed by atoms with Gasteiger partial charge in [-0.1, -0.05) is 11.6 Å². The molecule has 3 aromatic rings. The van der Waals surface area contributed by atoms with Crippen molar-refractivity contribution in [1.29, 1.82) is 0 Å². The van der Waals surface area contributed by atoms with Crippen LogP contribution in [0.1, 0.15) is 21.5 Å². The van der Waals surface area contributed by atoms with E-state index in [-0.39, 0.29) is 5.56 Å². The zero-order valence-electron chi connectivity index (χ0n) is 11.0. The van der Waals surface area contributed by atoms with E-state index in [1.807, 2.05) is 31.4 Å². The van der Waals surface area contributed by atoms with E-state index in [2.05, 4.69) is 9.97 Å². The number of pyridine rings is 1. The minimum absolute atomic E-state index is 0.270. The number of benzene rings is 1. The second-order valence-electron chi connectivity index (χ2n) is 4.68. The van der Waals surface area contributed by atoms with Gasteiger partial charge in [-0.3, -0.25) is 0 Å². The summed E-state index contributed by atoms with van der Waals surface area (Å²) in [6.07, 6.45) is 1.69. The summed E-state index contributed by atoms with van der Waals surface area (Å²) in [7, 11) is 0. The van der Waals surface area contributed by atoms with Gasteiger partial charge in [-0.05, 0) is 31.5 Å². The number of carbonyl (C=O) groups is 1. The predicted molar refractivity (Wildman–Crippen MR) is 79.3 cm³/mol. The number of thiazole rings is 1. The van der Waals surface area contributed by atoms with Crippen molar-refractivity contribution in [2.75, 3.05) is 0 Å². The first-order valence-corrected chi connectivity index (χ1v) is 6.99. The van der Waals surface area contributed by atoms with Crippen LogP contribution >= 0.6 is 11.3 Å². The second kappa shape index (κ2) is 4.68. The Morgan fingerprint density at radius 1 is 1.25 bits per heavy atom. The number of aromatic carboxylic acids is 1. The molecule has 5 heteroatoms. The number of aromatic nitrogens is 2. The van der Waals surface area contributed by atoms with Crippen molar-refractivity contribution in [3.05, 3.63) is 46.5 Å². The highest BCUT2D eigenvalue weighted by atomic mass is 32.1. The molecule has 3 rings (SSSR count). The Labute approximate surface area is 119 Å². The van der Waals surface area contributed by atoms with Crippen LogP contribution in [0.15, 0.2) is 29.8 Å². The van der Waals surface area contributed by atoms with E-state index in [4.69, 9.17) is 0 Å². The number of hydrogen-bond acceptors (Lipinski definition) is 4. The van der Waals surface area contributed by atoms with Crippen molar-refractivity contribution in [2.45, 2.75) is 13.8 Å². The van der Waals surface area contributed by atoms with Crippen LogP contribution in [0.4, 0.5) is 0 Å². The van der Waals surface area contributed by atoms with E-state index >= 15 is 0 Å². The summed E-state index contributed by atoms with van der Waals surface area (Å²) in [6.45, 7) is 3.90. The Hall–Kier alpha value is -2.27. The summed E-state index contributed by atoms with van der Waals surface area (Å²) in [5, 5.41) is 12.7. The fourth-order valence-electron chi connectivity index (χ4n) is 2.32. The first-order chi connectivity index (χ1) is 9.56. The third kappa shape index (κ3) is 2.06. The second-order valence-corrected chi connectivity index (χ2v) is 5.57. The number of fused-ring (bicyclic) bond motifs is 1. The molecule has 0 atom stereocenters. The molecule has 20 heavy (non-hydrogen) atoms. The maximum absolute atomic E-state index is 11.5. The summed E-state index contributed by atoms with van der Waals surface area (Å²) >= 11 is 1.45. The highest BCUT2D eigenvalue weighted by molar-refractivity contribution is 7.13. The molecule has 0 aliphatic carbocycles. The summed E-state index contributed by atoms with van der Waals surface area (Å²) in [5.74, 6) is -0.944. The maximum atomic E-state index is 11.5. The average Bonchev–Trinajstić information content (AvgIpc) is 2.91. The topological polar surface area (TPSA) is 63.1 Å². The third-order valence-corrected chi connectivity index (χ3v) is 3.93. The van der Waals surface area contributed by atoms with Gasteiger partial charge in [0.2, 0.25) is 0 Å². The van der Waals surface area contributed by atoms with Crippen LogP contribution in [-0.2, 0) is 0 Å². The number of hydrogen-bond donors (Lipinski definition) is 1. The van der Waals surface area contributed by atoms with Gasteiger partial charge in [0, 0.05) is 17.0 Å². The van der Waals surface area contributed by atoms with Gasteiger partial charge in [-0.2, -0.15) is 0 Å². The van der Waals surface area contributed by atoms with Crippen LogP contribution in [0.25, 0.3) is 21.6 Å². The lowest BCUT2D eigenvalue weighted by Crippen LogP contribution is -2.01. The van der Waals surface area contributed by atoms with Gasteiger partial charge in [0.05, 0.1) is 11.1 Å². The van der Waals surface area contributed by atoms with E-state index in [0.29, 0.717) is 11.1 Å². The molecular weight excluding hydrogens is 272 g/mol. The first-order valence-electron chi connectivity index (χ1n) is 6.11. The fourth-order valence-corrected chi connectivity index (χ4v) is 2.91. The maximum Gasteiger partial charge on any atom is 0.336 e. The first kappa shape index (κ1) is 12.7. The summed E-state index contributed by atoms with van der Waals surface area (Å²) in [6, 6.07) is 5.47. The molecular formula is C15H12N2O2S. The van der Waals surface area contributed by atoms with Gasteiger partial charge in [-0.25, -0.2) is 14.8 Å². The van der Waals surface area contributed by atoms with Gasteiger partial charge in [0.15, 0.2) is 0 Å². The molecule has 0 spiro atoms. The zero-order valence-corrected chi connectivity index (χ0v) is 11.9. The van der Waals surface area contributed by atoms with Crippen LogP contribution < -0.4 is 0 Å². The summed E-state index contributed by atoms with van der Waals surface area (Å²) < 4.78 is 0. The molecule has 0 bridgehead atoms. The van der Waals surface area contributed by atoms with Crippen LogP contribution in [-0.4, -0.2) is 21.0 Å². The SMILES string of the molecule is Cc1cc(C)c2nc(-c3nccs3)cc(C(=O)O)c2c1. The van der Waals surface area contributed by atoms with E-state index in [0.717, 1.165) is 21.7 Å². The van der Waals surface area contributed by atoms with E-state index in [9.17, 15) is 9.90 Å². The molecule has 0 amide bonds. The molecule has 0 aliphatic rings. The van der Waals surface area contributed by atoms with Gasteiger partial charge < -0.3 is 5.11 Å². The van der Waals surface area contributed by atoms with Crippen molar-refractivity contribution < 1.29 is 9.90 Å². The Kier molecular flexibility index (Phi) is 2.99. The molecule has 0 fully saturated rings. The number of rotatable bonds is 2. The number of carboxylic acids is 1. The van der Waals surface area contributed by atoms with Crippen LogP contribution in [0.3, 0.4) is 0 Å². The van der Waals surface area contributed by atoms with E-state index < -0.39 is 5.97 Å². The minimum atomic E-state index is -0.944. The molecule has 0 unspecified atom stereocenters. The lowest BCUT2D eigenvalue weighted by molar-refractivity contribution is 0.0699. The Morgan fingerprint density at radius 2 is 2.05 bits per heavy atom. The smallest absolute Gasteiger partial charge is 0.336 e. The summed E-state index contributed by atoms with van der Waals surface area (Å²) in [5.41, 5.74) is 3.60. The average molecular weight is 284 g/mol. The molecule has 0 saturated carbocycles. The van der Waals surface area contributed by atoms with E-state index in [1.165, 1.54) is 11.3 Å². The van der Waals surface area contributed by atoms with Gasteiger partial charge in [-0.15, -0.1) is 11.3 Å². The molecule has 2 heterocycles. The summed E-state index contributed by atoms with van der Waals surface area (Å²) in [4.78, 5) is 20.3. The van der Waals surface area contributed by atoms with Crippen molar-refractivity contribution in [3.8, 4) is 10.7 Å². The Morgan fingerprint density at radius 3 is 2.70 bits per heavy atom. The molecule has 1 aromatic carbocycles. The number of nitrogens with zero attached hydrogens (tertiary/aromatic N) is 2. The molecule has 4 nitrogen and oxygen atoms in total. The highest BCUT2D eigenvalue weighted by Crippen LogP contribution is 2.28. The lowest BCUT2D eigenvalue weighted by Gasteiger charge is -2.09. The fraction of sp³-hybridized carbons (Fsp3) is 0.133. The van der Waals surface area contributed by atoms with Crippen LogP contribution in [0.2, 0.25) is 0 Å². The third-order valence-electron chi connectivity index (χ3n) is 3.13. The van der Waals surface area contributed by atoms with Gasteiger partial charge >= 0.3 is 5.97 Å². The van der Waals surface area contributed by atoms with Crippen LogP contribution in [0, 0.1) is 13.8 Å². The normalized spacial score (nSPS) is 10.9. The molecule has 0 saturated heterocycles. The number of aryl methyl sites for hydroxylation is 2. The largest absolute Gasteiger partial charge is 0.478 e. The van der Waals surface area contributed by atoms with Gasteiger partial charge in [0.25, 0.3) is 0 Å². The molecule has 100 valence electrons. The van der Waals surface area contributed by atoms with E-state index in [1.54, 1.807) is 12.3 Å². The lowest BCUT2D eigenvalue weighted by atomic mass is 10.0. The standard InChI is InChI=1S/C15H12N2O2S/c1-8-5-9(2)13-10(6-8)11(15(18)19)7-12(17-13)14-16-3-4-20-14/h3-7H,1-2H3,(H,18,19).